The Labute approximate surface area is 129 Å². The Morgan fingerprint density at radius 2 is 2.25 bits per heavy atom. The highest BCUT2D eigenvalue weighted by Gasteiger charge is 2.22. The summed E-state index contributed by atoms with van der Waals surface area (Å²) in [6.45, 7) is 1.58. The summed E-state index contributed by atoms with van der Waals surface area (Å²) in [4.78, 5) is 29.7. The fourth-order valence-corrected chi connectivity index (χ4v) is 3.95. The first-order valence-electron chi connectivity index (χ1n) is 5.06. The molecule has 0 aliphatic carbocycles. The summed E-state index contributed by atoms with van der Waals surface area (Å²) in [5.74, 6) is -1.06. The number of thiazole rings is 1. The second-order valence-electron chi connectivity index (χ2n) is 3.53. The molecule has 2 heterocycles. The number of aromatic nitrogens is 2. The molecule has 0 amide bonds. The second-order valence-corrected chi connectivity index (χ2v) is 6.64. The van der Waals surface area contributed by atoms with Crippen molar-refractivity contribution in [3.63, 3.8) is 0 Å². The smallest absolute Gasteiger partial charge is 0.347 e. The maximum atomic E-state index is 11.0. The van der Waals surface area contributed by atoms with Crippen LogP contribution in [0.25, 0.3) is 0 Å². The van der Waals surface area contributed by atoms with Crippen LogP contribution in [0.4, 0.5) is 5.69 Å². The zero-order chi connectivity index (χ0) is 14.9. The van der Waals surface area contributed by atoms with Crippen LogP contribution in [0.5, 0.6) is 0 Å². The number of rotatable bonds is 4. The molecular formula is C10H6BrN3O4S2. The molecule has 0 spiro atoms. The highest BCUT2D eigenvalue weighted by molar-refractivity contribution is 9.10. The molecule has 0 aromatic carbocycles. The summed E-state index contributed by atoms with van der Waals surface area (Å²) in [6, 6.07) is 0. The van der Waals surface area contributed by atoms with E-state index in [1.165, 1.54) is 6.20 Å². The third kappa shape index (κ3) is 2.97. The minimum atomic E-state index is -1.06. The van der Waals surface area contributed by atoms with Gasteiger partial charge in [-0.05, 0) is 22.9 Å². The molecule has 0 radical (unpaired) electrons. The lowest BCUT2D eigenvalue weighted by molar-refractivity contribution is -0.388. The van der Waals surface area contributed by atoms with Crippen LogP contribution in [0.2, 0.25) is 0 Å². The van der Waals surface area contributed by atoms with Gasteiger partial charge in [-0.3, -0.25) is 15.1 Å². The van der Waals surface area contributed by atoms with Gasteiger partial charge in [0.05, 0.1) is 15.1 Å². The molecule has 104 valence electrons. The molecule has 1 N–H and O–H groups in total. The highest BCUT2D eigenvalue weighted by atomic mass is 79.9. The molecule has 0 aliphatic heterocycles. The first-order chi connectivity index (χ1) is 9.40. The van der Waals surface area contributed by atoms with E-state index >= 15 is 0 Å². The van der Waals surface area contributed by atoms with Gasteiger partial charge in [-0.2, -0.15) is 0 Å². The van der Waals surface area contributed by atoms with Crippen molar-refractivity contribution in [1.29, 1.82) is 0 Å². The Morgan fingerprint density at radius 3 is 2.80 bits per heavy atom. The van der Waals surface area contributed by atoms with E-state index in [9.17, 15) is 14.9 Å². The number of nitro groups is 1. The average molecular weight is 376 g/mol. The Morgan fingerprint density at radius 1 is 1.55 bits per heavy atom. The number of carboxylic acid groups (broad SMARTS) is 1. The third-order valence-electron chi connectivity index (χ3n) is 2.19. The standard InChI is InChI=1S/C10H6BrN3O4S2/c1-4-7(9(15)16)19-10(13-4)20-8-5(11)2-12-3-6(8)14(17)18/h2-3H,1H3,(H,15,16). The molecule has 0 unspecified atom stereocenters. The molecule has 0 aliphatic rings. The predicted octanol–water partition coefficient (Wildman–Crippen LogP) is 3.37. The van der Waals surface area contributed by atoms with Gasteiger partial charge in [-0.1, -0.05) is 11.8 Å². The summed E-state index contributed by atoms with van der Waals surface area (Å²) in [5.41, 5.74) is 0.229. The molecule has 20 heavy (non-hydrogen) atoms. The fourth-order valence-electron chi connectivity index (χ4n) is 1.35. The Hall–Kier alpha value is -1.52. The first-order valence-corrected chi connectivity index (χ1v) is 7.49. The van der Waals surface area contributed by atoms with Gasteiger partial charge < -0.3 is 5.11 Å². The predicted molar refractivity (Wildman–Crippen MR) is 76.5 cm³/mol. The normalized spacial score (nSPS) is 10.5. The Balaban J connectivity index is 2.42. The number of hydrogen-bond donors (Lipinski definition) is 1. The maximum absolute atomic E-state index is 11.0. The molecule has 2 rings (SSSR count). The van der Waals surface area contributed by atoms with Gasteiger partial charge in [0, 0.05) is 6.20 Å². The second kappa shape index (κ2) is 5.85. The van der Waals surface area contributed by atoms with E-state index in [1.54, 1.807) is 6.92 Å². The number of aryl methyl sites for hydroxylation is 1. The van der Waals surface area contributed by atoms with E-state index in [-0.39, 0.29) is 10.6 Å². The van der Waals surface area contributed by atoms with Crippen molar-refractivity contribution in [2.24, 2.45) is 0 Å². The first kappa shape index (κ1) is 14.9. The molecule has 0 atom stereocenters. The van der Waals surface area contributed by atoms with Crippen molar-refractivity contribution >= 4 is 50.7 Å². The summed E-state index contributed by atoms with van der Waals surface area (Å²) in [7, 11) is 0. The van der Waals surface area contributed by atoms with E-state index in [0.29, 0.717) is 19.4 Å². The number of halogens is 1. The van der Waals surface area contributed by atoms with Crippen LogP contribution in [-0.2, 0) is 0 Å². The fraction of sp³-hybridized carbons (Fsp3) is 0.100. The summed E-state index contributed by atoms with van der Waals surface area (Å²) in [5, 5.41) is 19.9. The van der Waals surface area contributed by atoms with Crippen LogP contribution in [0, 0.1) is 17.0 Å². The molecule has 2 aromatic rings. The van der Waals surface area contributed by atoms with Crippen molar-refractivity contribution in [2.75, 3.05) is 0 Å². The number of carbonyl (C=O) groups is 1. The van der Waals surface area contributed by atoms with Gasteiger partial charge in [-0.15, -0.1) is 11.3 Å². The van der Waals surface area contributed by atoms with E-state index in [1.807, 2.05) is 0 Å². The number of carboxylic acids is 1. The van der Waals surface area contributed by atoms with Crippen LogP contribution >= 0.6 is 39.0 Å². The van der Waals surface area contributed by atoms with Gasteiger partial charge >= 0.3 is 11.7 Å². The zero-order valence-corrected chi connectivity index (χ0v) is 13.1. The van der Waals surface area contributed by atoms with Gasteiger partial charge in [0.1, 0.15) is 16.0 Å². The Kier molecular flexibility index (Phi) is 4.35. The minimum absolute atomic E-state index is 0.125. The Bertz CT molecular complexity index is 704. The highest BCUT2D eigenvalue weighted by Crippen LogP contribution is 2.41. The van der Waals surface area contributed by atoms with E-state index < -0.39 is 10.9 Å². The molecule has 0 fully saturated rings. The molecule has 0 saturated heterocycles. The van der Waals surface area contributed by atoms with Crippen LogP contribution < -0.4 is 0 Å². The SMILES string of the molecule is Cc1nc(Sc2c(Br)cncc2[N+](=O)[O-])sc1C(=O)O. The van der Waals surface area contributed by atoms with Crippen LogP contribution in [0.1, 0.15) is 15.4 Å². The van der Waals surface area contributed by atoms with Crippen molar-refractivity contribution < 1.29 is 14.8 Å². The van der Waals surface area contributed by atoms with Crippen molar-refractivity contribution in [2.45, 2.75) is 16.2 Å². The number of nitrogens with zero attached hydrogens (tertiary/aromatic N) is 3. The van der Waals surface area contributed by atoms with Crippen molar-refractivity contribution in [3.05, 3.63) is 37.6 Å². The molecule has 7 nitrogen and oxygen atoms in total. The average Bonchev–Trinajstić information content (AvgIpc) is 2.72. The lowest BCUT2D eigenvalue weighted by Gasteiger charge is -2.01. The number of pyridine rings is 1. The van der Waals surface area contributed by atoms with Gasteiger partial charge in [0.15, 0.2) is 4.34 Å². The largest absolute Gasteiger partial charge is 0.477 e. The summed E-state index contributed by atoms with van der Waals surface area (Å²) in [6.07, 6.45) is 2.58. The lowest BCUT2D eigenvalue weighted by Crippen LogP contribution is -1.94. The topological polar surface area (TPSA) is 106 Å². The summed E-state index contributed by atoms with van der Waals surface area (Å²) >= 11 is 5.22. The molecular weight excluding hydrogens is 370 g/mol. The number of aromatic carboxylic acids is 1. The van der Waals surface area contributed by atoms with Crippen molar-refractivity contribution in [3.8, 4) is 0 Å². The molecule has 0 bridgehead atoms. The zero-order valence-electron chi connectivity index (χ0n) is 9.86. The van der Waals surface area contributed by atoms with E-state index in [4.69, 9.17) is 5.11 Å². The maximum Gasteiger partial charge on any atom is 0.347 e. The lowest BCUT2D eigenvalue weighted by atomic mass is 10.4. The molecule has 2 aromatic heterocycles. The van der Waals surface area contributed by atoms with Crippen molar-refractivity contribution in [1.82, 2.24) is 9.97 Å². The van der Waals surface area contributed by atoms with E-state index in [0.717, 1.165) is 29.3 Å². The van der Waals surface area contributed by atoms with Gasteiger partial charge in [-0.25, -0.2) is 9.78 Å². The number of hydrogen-bond acceptors (Lipinski definition) is 7. The van der Waals surface area contributed by atoms with Gasteiger partial charge in [0.25, 0.3) is 0 Å². The third-order valence-corrected chi connectivity index (χ3v) is 5.39. The summed E-state index contributed by atoms with van der Waals surface area (Å²) < 4.78 is 0.885. The van der Waals surface area contributed by atoms with Crippen LogP contribution in [0.3, 0.4) is 0 Å². The quantitative estimate of drug-likeness (QED) is 0.644. The molecule has 10 heteroatoms. The van der Waals surface area contributed by atoms with Gasteiger partial charge in [0.2, 0.25) is 0 Å². The molecule has 0 saturated carbocycles. The monoisotopic (exact) mass is 375 g/mol. The van der Waals surface area contributed by atoms with E-state index in [2.05, 4.69) is 25.9 Å². The van der Waals surface area contributed by atoms with Crippen LogP contribution in [-0.4, -0.2) is 26.0 Å². The van der Waals surface area contributed by atoms with Crippen LogP contribution in [0.15, 0.2) is 26.1 Å². The minimum Gasteiger partial charge on any atom is -0.477 e.